The van der Waals surface area contributed by atoms with Crippen molar-refractivity contribution in [2.75, 3.05) is 11.9 Å². The lowest BCUT2D eigenvalue weighted by molar-refractivity contribution is 0.102. The van der Waals surface area contributed by atoms with E-state index in [-0.39, 0.29) is 11.9 Å². The normalized spacial score (nSPS) is 15.3. The van der Waals surface area contributed by atoms with Gasteiger partial charge in [-0.3, -0.25) is 14.5 Å². The molecule has 1 aliphatic rings. The summed E-state index contributed by atoms with van der Waals surface area (Å²) in [6.07, 6.45) is 10.8. The van der Waals surface area contributed by atoms with E-state index in [0.29, 0.717) is 40.2 Å². The number of hydrogen-bond acceptors (Lipinski definition) is 5. The number of amides is 1. The number of ether oxygens (including phenoxy) is 1. The van der Waals surface area contributed by atoms with Crippen LogP contribution >= 0.6 is 11.6 Å². The van der Waals surface area contributed by atoms with Crippen LogP contribution in [0.25, 0.3) is 11.3 Å². The van der Waals surface area contributed by atoms with E-state index in [1.54, 1.807) is 29.2 Å². The molecule has 0 unspecified atom stereocenters. The number of anilines is 1. The van der Waals surface area contributed by atoms with Gasteiger partial charge in [-0.15, -0.1) is 0 Å². The van der Waals surface area contributed by atoms with Crippen LogP contribution in [0.1, 0.15) is 42.5 Å². The van der Waals surface area contributed by atoms with Crippen molar-refractivity contribution in [2.24, 2.45) is 18.7 Å². The highest BCUT2D eigenvalue weighted by Gasteiger charge is 2.22. The maximum atomic E-state index is 12.6. The number of nitrogens with two attached hydrogens (primary N) is 1. The van der Waals surface area contributed by atoms with Crippen molar-refractivity contribution in [3.8, 4) is 17.0 Å². The van der Waals surface area contributed by atoms with Crippen molar-refractivity contribution in [1.29, 1.82) is 0 Å². The summed E-state index contributed by atoms with van der Waals surface area (Å²) in [6.45, 7) is 0.425. The predicted octanol–water partition coefficient (Wildman–Crippen LogP) is 4.67. The van der Waals surface area contributed by atoms with E-state index in [9.17, 15) is 4.79 Å². The van der Waals surface area contributed by atoms with E-state index >= 15 is 0 Å². The molecule has 3 aromatic rings. The van der Waals surface area contributed by atoms with Crippen LogP contribution in [-0.2, 0) is 7.05 Å². The van der Waals surface area contributed by atoms with Gasteiger partial charge in [0.05, 0.1) is 22.5 Å². The summed E-state index contributed by atoms with van der Waals surface area (Å²) < 4.78 is 7.88. The zero-order chi connectivity index (χ0) is 22.5. The Bertz CT molecular complexity index is 1040. The van der Waals surface area contributed by atoms with Gasteiger partial charge in [-0.05, 0) is 49.1 Å². The van der Waals surface area contributed by atoms with Crippen LogP contribution in [0, 0.1) is 5.92 Å². The van der Waals surface area contributed by atoms with Gasteiger partial charge in [0.15, 0.2) is 0 Å². The first-order valence-corrected chi connectivity index (χ1v) is 11.3. The maximum absolute atomic E-state index is 12.6. The van der Waals surface area contributed by atoms with E-state index in [1.807, 2.05) is 25.2 Å². The van der Waals surface area contributed by atoms with E-state index in [2.05, 4.69) is 15.4 Å². The lowest BCUT2D eigenvalue weighted by atomic mass is 9.84. The number of nitrogens with zero attached hydrogens (tertiary/aromatic N) is 3. The van der Waals surface area contributed by atoms with Gasteiger partial charge in [-0.2, -0.15) is 5.10 Å². The highest BCUT2D eigenvalue weighted by molar-refractivity contribution is 6.33. The Hall–Kier alpha value is -2.90. The number of benzene rings is 1. The quantitative estimate of drug-likeness (QED) is 0.541. The molecule has 0 saturated heterocycles. The Morgan fingerprint density at radius 2 is 2.09 bits per heavy atom. The largest absolute Gasteiger partial charge is 0.491 e. The number of halogens is 1. The number of carbonyl (C=O) groups excluding carboxylic acids is 1. The number of hydrogen-bond donors (Lipinski definition) is 2. The Kier molecular flexibility index (Phi) is 7.07. The molecule has 0 spiro atoms. The topological polar surface area (TPSA) is 95.1 Å². The second kappa shape index (κ2) is 10.1. The molecule has 1 amide bonds. The molecule has 1 atom stereocenters. The van der Waals surface area contributed by atoms with Gasteiger partial charge >= 0.3 is 0 Å². The van der Waals surface area contributed by atoms with Crippen molar-refractivity contribution in [1.82, 2.24) is 14.8 Å². The second-order valence-corrected chi connectivity index (χ2v) is 8.65. The molecule has 2 heterocycles. The highest BCUT2D eigenvalue weighted by atomic mass is 35.5. The van der Waals surface area contributed by atoms with Gasteiger partial charge in [0, 0.05) is 36.7 Å². The minimum Gasteiger partial charge on any atom is -0.491 e. The number of carbonyl (C=O) groups is 1. The van der Waals surface area contributed by atoms with Crippen LogP contribution in [0.3, 0.4) is 0 Å². The van der Waals surface area contributed by atoms with Crippen LogP contribution in [0.5, 0.6) is 5.75 Å². The lowest BCUT2D eigenvalue weighted by Gasteiger charge is -2.27. The molecule has 168 valence electrons. The molecule has 2 aromatic heterocycles. The third-order valence-corrected chi connectivity index (χ3v) is 6.27. The molecule has 0 radical (unpaired) electrons. The van der Waals surface area contributed by atoms with Gasteiger partial charge in [-0.25, -0.2) is 0 Å². The molecule has 1 saturated carbocycles. The van der Waals surface area contributed by atoms with E-state index in [1.165, 1.54) is 25.5 Å². The number of aromatic nitrogens is 3. The van der Waals surface area contributed by atoms with Crippen LogP contribution in [0.4, 0.5) is 5.69 Å². The summed E-state index contributed by atoms with van der Waals surface area (Å²) in [7, 11) is 1.82. The van der Waals surface area contributed by atoms with Crippen LogP contribution in [0.15, 0.2) is 48.9 Å². The lowest BCUT2D eigenvalue weighted by Crippen LogP contribution is -2.37. The average Bonchev–Trinajstić information content (AvgIpc) is 3.16. The second-order valence-electron chi connectivity index (χ2n) is 8.24. The predicted molar refractivity (Wildman–Crippen MR) is 126 cm³/mol. The Morgan fingerprint density at radius 3 is 2.78 bits per heavy atom. The molecule has 32 heavy (non-hydrogen) atoms. The first-order valence-electron chi connectivity index (χ1n) is 10.9. The molecule has 0 bridgehead atoms. The molecule has 7 nitrogen and oxygen atoms in total. The van der Waals surface area contributed by atoms with Gasteiger partial charge in [0.1, 0.15) is 12.4 Å². The summed E-state index contributed by atoms with van der Waals surface area (Å²) >= 11 is 6.43. The summed E-state index contributed by atoms with van der Waals surface area (Å²) in [5.74, 6) is 0.903. The van der Waals surface area contributed by atoms with E-state index in [0.717, 1.165) is 18.4 Å². The maximum Gasteiger partial charge on any atom is 0.257 e. The first-order chi connectivity index (χ1) is 15.5. The van der Waals surface area contributed by atoms with Crippen LogP contribution in [-0.4, -0.2) is 33.3 Å². The molecule has 1 fully saturated rings. The Labute approximate surface area is 192 Å². The van der Waals surface area contributed by atoms with Gasteiger partial charge < -0.3 is 15.8 Å². The molecule has 3 N–H and O–H groups in total. The molecular weight excluding hydrogens is 426 g/mol. The fourth-order valence-corrected chi connectivity index (χ4v) is 4.48. The van der Waals surface area contributed by atoms with Crippen molar-refractivity contribution in [3.63, 3.8) is 0 Å². The minimum atomic E-state index is -0.242. The number of nitrogens with one attached hydrogen (secondary N) is 1. The van der Waals surface area contributed by atoms with Crippen LogP contribution in [0.2, 0.25) is 5.02 Å². The van der Waals surface area contributed by atoms with Crippen molar-refractivity contribution < 1.29 is 9.53 Å². The Morgan fingerprint density at radius 1 is 1.28 bits per heavy atom. The minimum absolute atomic E-state index is 0.0184. The van der Waals surface area contributed by atoms with Crippen molar-refractivity contribution >= 4 is 23.2 Å². The fourth-order valence-electron chi connectivity index (χ4n) is 4.22. The standard InChI is InChI=1S/C24H28ClN5O2/c1-30-23(20(25)14-28-30)19-12-18(29-24(31)17-8-5-11-27-13-17)9-10-22(19)32-15-21(26)16-6-3-2-4-7-16/h5,8-14,16,21H,2-4,6-7,15,26H2,1H3,(H,29,31)/t21-/m0/s1. The smallest absolute Gasteiger partial charge is 0.257 e. The van der Waals surface area contributed by atoms with E-state index in [4.69, 9.17) is 22.1 Å². The first kappa shape index (κ1) is 22.3. The molecule has 1 aromatic carbocycles. The summed E-state index contributed by atoms with van der Waals surface area (Å²) in [4.78, 5) is 16.6. The summed E-state index contributed by atoms with van der Waals surface area (Å²) in [6, 6.07) is 8.91. The zero-order valence-corrected chi connectivity index (χ0v) is 18.9. The molecule has 4 rings (SSSR count). The number of rotatable bonds is 7. The number of aryl methyl sites for hydroxylation is 1. The van der Waals surface area contributed by atoms with Crippen molar-refractivity contribution in [3.05, 3.63) is 59.5 Å². The molecular formula is C24H28ClN5O2. The fraction of sp³-hybridized carbons (Fsp3) is 0.375. The number of pyridine rings is 1. The van der Waals surface area contributed by atoms with Gasteiger partial charge in [0.2, 0.25) is 0 Å². The van der Waals surface area contributed by atoms with E-state index < -0.39 is 0 Å². The van der Waals surface area contributed by atoms with Gasteiger partial charge in [0.25, 0.3) is 5.91 Å². The zero-order valence-electron chi connectivity index (χ0n) is 18.1. The highest BCUT2D eigenvalue weighted by Crippen LogP contribution is 2.37. The summed E-state index contributed by atoms with van der Waals surface area (Å²) in [5.41, 5.74) is 9.01. The third kappa shape index (κ3) is 5.11. The monoisotopic (exact) mass is 453 g/mol. The SMILES string of the molecule is Cn1ncc(Cl)c1-c1cc(NC(=O)c2cccnc2)ccc1OC[C@H](N)C1CCCCC1. The average molecular weight is 454 g/mol. The Balaban J connectivity index is 1.57. The van der Waals surface area contributed by atoms with Gasteiger partial charge in [-0.1, -0.05) is 30.9 Å². The van der Waals surface area contributed by atoms with Crippen molar-refractivity contribution in [2.45, 2.75) is 38.1 Å². The third-order valence-electron chi connectivity index (χ3n) is 6.00. The van der Waals surface area contributed by atoms with Crippen LogP contribution < -0.4 is 15.8 Å². The molecule has 0 aliphatic heterocycles. The molecule has 1 aliphatic carbocycles. The summed E-state index contributed by atoms with van der Waals surface area (Å²) in [5, 5.41) is 7.67. The molecule has 8 heteroatoms.